The number of aryl methyl sites for hydroxylation is 2. The van der Waals surface area contributed by atoms with Crippen LogP contribution in [0.3, 0.4) is 0 Å². The first kappa shape index (κ1) is 10.8. The van der Waals surface area contributed by atoms with Crippen molar-refractivity contribution >= 4 is 17.0 Å². The number of nitrogens with zero attached hydrogens (tertiary/aromatic N) is 1. The fraction of sp³-hybridized carbons (Fsp3) is 0.250. The summed E-state index contributed by atoms with van der Waals surface area (Å²) in [4.78, 5) is 1.61. The van der Waals surface area contributed by atoms with Crippen LogP contribution in [0, 0.1) is 32.1 Å². The van der Waals surface area contributed by atoms with Gasteiger partial charge >= 0.3 is 0 Å². The minimum absolute atomic E-state index is 0.575. The van der Waals surface area contributed by atoms with Gasteiger partial charge in [-0.1, -0.05) is 0 Å². The Kier molecular flexibility index (Phi) is 2.49. The van der Waals surface area contributed by atoms with Gasteiger partial charge in [-0.05, 0) is 32.4 Å². The van der Waals surface area contributed by atoms with E-state index in [2.05, 4.69) is 6.07 Å². The van der Waals surface area contributed by atoms with Crippen LogP contribution in [-0.2, 0) is 0 Å². The van der Waals surface area contributed by atoms with Crippen LogP contribution >= 0.6 is 11.3 Å². The van der Waals surface area contributed by atoms with Crippen LogP contribution in [0.25, 0.3) is 10.4 Å². The van der Waals surface area contributed by atoms with Crippen LogP contribution in [0.5, 0.6) is 0 Å². The summed E-state index contributed by atoms with van der Waals surface area (Å²) in [5.74, 6) is 1.74. The summed E-state index contributed by atoms with van der Waals surface area (Å²) < 4.78 is 5.49. The van der Waals surface area contributed by atoms with Crippen molar-refractivity contribution in [2.75, 3.05) is 5.73 Å². The molecule has 0 aromatic carbocycles. The summed E-state index contributed by atoms with van der Waals surface area (Å²) in [5.41, 5.74) is 8.45. The molecule has 2 aromatic rings. The van der Waals surface area contributed by atoms with E-state index in [9.17, 15) is 0 Å². The normalized spacial score (nSPS) is 10.4. The summed E-state index contributed by atoms with van der Waals surface area (Å²) in [5, 5.41) is 8.93. The van der Waals surface area contributed by atoms with Gasteiger partial charge in [0, 0.05) is 10.4 Å². The van der Waals surface area contributed by atoms with Crippen molar-refractivity contribution in [3.63, 3.8) is 0 Å². The largest absolute Gasteiger partial charge is 0.466 e. The molecule has 0 radical (unpaired) electrons. The van der Waals surface area contributed by atoms with Crippen molar-refractivity contribution in [1.29, 1.82) is 5.26 Å². The molecule has 3 nitrogen and oxygen atoms in total. The molecule has 16 heavy (non-hydrogen) atoms. The molecule has 0 spiro atoms. The predicted octanol–water partition coefficient (Wildman–Crippen LogP) is 3.39. The maximum Gasteiger partial charge on any atom is 0.128 e. The number of rotatable bonds is 1. The van der Waals surface area contributed by atoms with Crippen molar-refractivity contribution in [2.45, 2.75) is 20.8 Å². The third-order valence-corrected chi connectivity index (χ3v) is 3.83. The van der Waals surface area contributed by atoms with Crippen molar-refractivity contribution < 1.29 is 4.42 Å². The minimum Gasteiger partial charge on any atom is -0.466 e. The molecule has 82 valence electrons. The maximum absolute atomic E-state index is 8.93. The van der Waals surface area contributed by atoms with E-state index in [0.29, 0.717) is 10.6 Å². The highest BCUT2D eigenvalue weighted by molar-refractivity contribution is 7.16. The van der Waals surface area contributed by atoms with Gasteiger partial charge in [-0.25, -0.2) is 0 Å². The molecule has 2 rings (SSSR count). The Morgan fingerprint density at radius 2 is 2.06 bits per heavy atom. The molecule has 0 fully saturated rings. The zero-order chi connectivity index (χ0) is 11.9. The fourth-order valence-electron chi connectivity index (χ4n) is 1.72. The zero-order valence-electron chi connectivity index (χ0n) is 9.42. The van der Waals surface area contributed by atoms with E-state index in [-0.39, 0.29) is 0 Å². The van der Waals surface area contributed by atoms with Crippen molar-refractivity contribution in [2.24, 2.45) is 0 Å². The first-order valence-electron chi connectivity index (χ1n) is 4.91. The first-order chi connectivity index (χ1) is 7.54. The van der Waals surface area contributed by atoms with E-state index in [1.165, 1.54) is 11.3 Å². The van der Waals surface area contributed by atoms with Crippen molar-refractivity contribution in [3.8, 4) is 16.5 Å². The summed E-state index contributed by atoms with van der Waals surface area (Å²) in [6, 6.07) is 4.10. The fourth-order valence-corrected chi connectivity index (χ4v) is 2.81. The predicted molar refractivity (Wildman–Crippen MR) is 65.4 cm³/mol. The number of nitriles is 1. The van der Waals surface area contributed by atoms with Gasteiger partial charge in [-0.3, -0.25) is 0 Å². The lowest BCUT2D eigenvalue weighted by Crippen LogP contribution is -1.87. The summed E-state index contributed by atoms with van der Waals surface area (Å²) in [6.45, 7) is 5.77. The summed E-state index contributed by atoms with van der Waals surface area (Å²) in [7, 11) is 0. The number of hydrogen-bond donors (Lipinski definition) is 1. The van der Waals surface area contributed by atoms with Crippen molar-refractivity contribution in [3.05, 3.63) is 28.0 Å². The maximum atomic E-state index is 8.93. The highest BCUT2D eigenvalue weighted by Gasteiger charge is 2.17. The number of nitrogen functional groups attached to an aromatic ring is 1. The monoisotopic (exact) mass is 232 g/mol. The molecule has 0 unspecified atom stereocenters. The summed E-state index contributed by atoms with van der Waals surface area (Å²) >= 11 is 1.42. The molecule has 0 aliphatic heterocycles. The van der Waals surface area contributed by atoms with Gasteiger partial charge < -0.3 is 10.2 Å². The highest BCUT2D eigenvalue weighted by atomic mass is 32.1. The quantitative estimate of drug-likeness (QED) is 0.819. The van der Waals surface area contributed by atoms with E-state index in [1.807, 2.05) is 26.8 Å². The van der Waals surface area contributed by atoms with Gasteiger partial charge in [0.15, 0.2) is 0 Å². The topological polar surface area (TPSA) is 63.0 Å². The van der Waals surface area contributed by atoms with Crippen LogP contribution in [-0.4, -0.2) is 0 Å². The summed E-state index contributed by atoms with van der Waals surface area (Å²) in [6.07, 6.45) is 0. The Labute approximate surface area is 98.1 Å². The average molecular weight is 232 g/mol. The zero-order valence-corrected chi connectivity index (χ0v) is 10.2. The van der Waals surface area contributed by atoms with E-state index in [0.717, 1.165) is 27.5 Å². The number of hydrogen-bond acceptors (Lipinski definition) is 4. The first-order valence-corrected chi connectivity index (χ1v) is 5.72. The number of thiophene rings is 1. The van der Waals surface area contributed by atoms with E-state index < -0.39 is 0 Å². The lowest BCUT2D eigenvalue weighted by molar-refractivity contribution is 0.505. The Balaban J connectivity index is 2.66. The van der Waals surface area contributed by atoms with Gasteiger partial charge in [-0.2, -0.15) is 5.26 Å². The second-order valence-corrected chi connectivity index (χ2v) is 4.76. The second-order valence-electron chi connectivity index (χ2n) is 3.74. The van der Waals surface area contributed by atoms with Gasteiger partial charge in [0.25, 0.3) is 0 Å². The van der Waals surface area contributed by atoms with Gasteiger partial charge in [-0.15, -0.1) is 11.3 Å². The minimum atomic E-state index is 0.575. The van der Waals surface area contributed by atoms with E-state index in [1.54, 1.807) is 0 Å². The lowest BCUT2D eigenvalue weighted by Gasteiger charge is -1.96. The molecule has 0 amide bonds. The Morgan fingerprint density at radius 3 is 2.50 bits per heavy atom. The molecule has 0 aliphatic carbocycles. The van der Waals surface area contributed by atoms with E-state index in [4.69, 9.17) is 15.4 Å². The Bertz CT molecular complexity index is 587. The molecule has 2 aromatic heterocycles. The molecule has 0 atom stereocenters. The standard InChI is InChI=1S/C12H12N2OS/c1-6-4-9(8(3)15-6)12-7(2)11(14)10(5-13)16-12/h4H,14H2,1-3H3. The number of furan rings is 1. The lowest BCUT2D eigenvalue weighted by atomic mass is 10.1. The molecule has 4 heteroatoms. The highest BCUT2D eigenvalue weighted by Crippen LogP contribution is 2.39. The SMILES string of the molecule is Cc1cc(-c2sc(C#N)c(N)c2C)c(C)o1. The van der Waals surface area contributed by atoms with Crippen LogP contribution in [0.4, 0.5) is 5.69 Å². The van der Waals surface area contributed by atoms with Gasteiger partial charge in [0.2, 0.25) is 0 Å². The number of nitrogens with two attached hydrogens (primary N) is 1. The third kappa shape index (κ3) is 1.50. The van der Waals surface area contributed by atoms with Crippen LogP contribution < -0.4 is 5.73 Å². The van der Waals surface area contributed by atoms with Crippen LogP contribution in [0.1, 0.15) is 22.0 Å². The third-order valence-electron chi connectivity index (χ3n) is 2.58. The molecule has 0 saturated carbocycles. The molecule has 0 aliphatic rings. The molecular formula is C12H12N2OS. The van der Waals surface area contributed by atoms with Crippen molar-refractivity contribution in [1.82, 2.24) is 0 Å². The molecular weight excluding hydrogens is 220 g/mol. The molecule has 2 heterocycles. The smallest absolute Gasteiger partial charge is 0.128 e. The molecule has 2 N–H and O–H groups in total. The van der Waals surface area contributed by atoms with Crippen LogP contribution in [0.15, 0.2) is 10.5 Å². The Hall–Kier alpha value is -1.73. The van der Waals surface area contributed by atoms with E-state index >= 15 is 0 Å². The number of anilines is 1. The average Bonchev–Trinajstić information content (AvgIpc) is 2.70. The van der Waals surface area contributed by atoms with Crippen LogP contribution in [0.2, 0.25) is 0 Å². The second kappa shape index (κ2) is 3.69. The van der Waals surface area contributed by atoms with Gasteiger partial charge in [0.05, 0.1) is 5.69 Å². The Morgan fingerprint density at radius 1 is 1.38 bits per heavy atom. The molecule has 0 saturated heterocycles. The van der Waals surface area contributed by atoms with Gasteiger partial charge in [0.1, 0.15) is 22.5 Å². The molecule has 0 bridgehead atoms.